The van der Waals surface area contributed by atoms with Crippen molar-refractivity contribution in [2.45, 2.75) is 63.5 Å². The average molecular weight is 465 g/mol. The topological polar surface area (TPSA) is 105 Å². The number of amides is 2. The van der Waals surface area contributed by atoms with Gasteiger partial charge in [-0.3, -0.25) is 4.79 Å². The molecule has 2 aliphatic carbocycles. The fourth-order valence-electron chi connectivity index (χ4n) is 4.65. The lowest BCUT2D eigenvalue weighted by molar-refractivity contribution is -0.143. The minimum atomic E-state index is -1.05. The predicted molar refractivity (Wildman–Crippen MR) is 128 cm³/mol. The van der Waals surface area contributed by atoms with Gasteiger partial charge in [0.05, 0.1) is 0 Å². The van der Waals surface area contributed by atoms with Crippen molar-refractivity contribution >= 4 is 18.0 Å². The molecule has 7 heteroatoms. The summed E-state index contributed by atoms with van der Waals surface area (Å²) >= 11 is 0. The van der Waals surface area contributed by atoms with E-state index in [2.05, 4.69) is 34.9 Å². The van der Waals surface area contributed by atoms with Gasteiger partial charge in [-0.2, -0.15) is 0 Å². The highest BCUT2D eigenvalue weighted by Gasteiger charge is 2.51. The van der Waals surface area contributed by atoms with Crippen molar-refractivity contribution in [3.8, 4) is 11.1 Å². The zero-order chi connectivity index (χ0) is 24.3. The maximum Gasteiger partial charge on any atom is 0.407 e. The quantitative estimate of drug-likeness (QED) is 0.482. The Labute approximate surface area is 199 Å². The first kappa shape index (κ1) is 23.8. The average Bonchev–Trinajstić information content (AvgIpc) is 3.53. The van der Waals surface area contributed by atoms with Crippen LogP contribution >= 0.6 is 0 Å². The smallest absolute Gasteiger partial charge is 0.407 e. The van der Waals surface area contributed by atoms with Gasteiger partial charge >= 0.3 is 12.1 Å². The Bertz CT molecular complexity index is 1030. The van der Waals surface area contributed by atoms with Gasteiger partial charge < -0.3 is 20.5 Å². The highest BCUT2D eigenvalue weighted by Crippen LogP contribution is 2.44. The number of fused-ring (bicyclic) bond motifs is 3. The van der Waals surface area contributed by atoms with Crippen molar-refractivity contribution < 1.29 is 24.2 Å². The minimum absolute atomic E-state index is 0.0216. The number of ether oxygens (including phenoxy) is 1. The van der Waals surface area contributed by atoms with E-state index in [9.17, 15) is 19.5 Å². The lowest BCUT2D eigenvalue weighted by atomic mass is 9.98. The molecule has 0 spiro atoms. The first-order valence-corrected chi connectivity index (χ1v) is 12.0. The van der Waals surface area contributed by atoms with E-state index in [1.807, 2.05) is 31.2 Å². The molecule has 180 valence electrons. The van der Waals surface area contributed by atoms with E-state index in [0.717, 1.165) is 6.42 Å². The third-order valence-electron chi connectivity index (χ3n) is 6.95. The molecule has 1 fully saturated rings. The summed E-state index contributed by atoms with van der Waals surface area (Å²) < 4.78 is 5.59. The molecule has 0 bridgehead atoms. The highest BCUT2D eigenvalue weighted by molar-refractivity contribution is 5.90. The molecule has 0 saturated heterocycles. The number of nitrogens with one attached hydrogen (secondary N) is 2. The summed E-state index contributed by atoms with van der Waals surface area (Å²) in [7, 11) is 0. The van der Waals surface area contributed by atoms with Crippen molar-refractivity contribution in [3.05, 3.63) is 59.7 Å². The van der Waals surface area contributed by atoms with Gasteiger partial charge in [0, 0.05) is 17.9 Å². The maximum absolute atomic E-state index is 12.4. The molecule has 2 aromatic rings. The minimum Gasteiger partial charge on any atom is -0.480 e. The van der Waals surface area contributed by atoms with E-state index in [1.165, 1.54) is 22.3 Å². The summed E-state index contributed by atoms with van der Waals surface area (Å²) in [5.74, 6) is -1.45. The molecule has 1 saturated carbocycles. The number of carboxylic acid groups (broad SMARTS) is 1. The fourth-order valence-corrected chi connectivity index (χ4v) is 4.65. The zero-order valence-electron chi connectivity index (χ0n) is 19.7. The number of aliphatic carboxylic acids is 1. The summed E-state index contributed by atoms with van der Waals surface area (Å²) in [4.78, 5) is 35.9. The Morgan fingerprint density at radius 1 is 1.00 bits per heavy atom. The largest absolute Gasteiger partial charge is 0.480 e. The molecule has 0 aliphatic heterocycles. The van der Waals surface area contributed by atoms with E-state index >= 15 is 0 Å². The van der Waals surface area contributed by atoms with Gasteiger partial charge in [-0.15, -0.1) is 0 Å². The van der Waals surface area contributed by atoms with Gasteiger partial charge in [-0.05, 0) is 54.9 Å². The molecule has 2 atom stereocenters. The Hall–Kier alpha value is -3.35. The van der Waals surface area contributed by atoms with Crippen molar-refractivity contribution in [1.29, 1.82) is 0 Å². The van der Waals surface area contributed by atoms with Crippen molar-refractivity contribution in [1.82, 2.24) is 10.6 Å². The molecule has 3 N–H and O–H groups in total. The molecule has 2 aliphatic rings. The molecule has 34 heavy (non-hydrogen) atoms. The van der Waals surface area contributed by atoms with Gasteiger partial charge in [-0.25, -0.2) is 9.59 Å². The van der Waals surface area contributed by atoms with Crippen LogP contribution in [0.3, 0.4) is 0 Å². The van der Waals surface area contributed by atoms with Crippen LogP contribution in [0.25, 0.3) is 11.1 Å². The van der Waals surface area contributed by atoms with Crippen LogP contribution < -0.4 is 10.6 Å². The number of alkyl carbamates (subject to hydrolysis) is 1. The third-order valence-corrected chi connectivity index (χ3v) is 6.95. The Morgan fingerprint density at radius 3 is 2.15 bits per heavy atom. The molecule has 0 radical (unpaired) electrons. The Balaban J connectivity index is 1.20. The summed E-state index contributed by atoms with van der Waals surface area (Å²) in [5, 5.41) is 14.8. The number of carboxylic acids is 1. The summed E-state index contributed by atoms with van der Waals surface area (Å²) in [6, 6.07) is 16.3. The van der Waals surface area contributed by atoms with E-state index < -0.39 is 17.6 Å². The van der Waals surface area contributed by atoms with E-state index in [0.29, 0.717) is 25.7 Å². The van der Waals surface area contributed by atoms with Crippen LogP contribution in [0, 0.1) is 5.92 Å². The van der Waals surface area contributed by atoms with Gasteiger partial charge in [0.1, 0.15) is 12.1 Å². The summed E-state index contributed by atoms with van der Waals surface area (Å²) in [5.41, 5.74) is 3.68. The predicted octanol–water partition coefficient (Wildman–Crippen LogP) is 4.45. The number of carbonyl (C=O) groups is 3. The highest BCUT2D eigenvalue weighted by atomic mass is 16.5. The van der Waals surface area contributed by atoms with Crippen molar-refractivity contribution in [2.75, 3.05) is 6.61 Å². The van der Waals surface area contributed by atoms with Crippen molar-refractivity contribution in [2.24, 2.45) is 5.92 Å². The third kappa shape index (κ3) is 5.08. The van der Waals surface area contributed by atoms with Crippen LogP contribution in [0.5, 0.6) is 0 Å². The second-order valence-electron chi connectivity index (χ2n) is 9.58. The first-order valence-electron chi connectivity index (χ1n) is 12.0. The van der Waals surface area contributed by atoms with Crippen LogP contribution in [0.15, 0.2) is 48.5 Å². The standard InChI is InChI=1S/C27H32N2O5/c1-17(24(30)29-27(14-15-27)25(31)32)8-7-9-18(2)28-26(33)34-16-23-21-12-5-3-10-19(21)20-11-4-6-13-22(20)23/h3-6,10-13,17-18,23H,7-9,14-16H2,1-2H3,(H,28,33)(H,29,30)(H,31,32). The second-order valence-corrected chi connectivity index (χ2v) is 9.58. The van der Waals surface area contributed by atoms with E-state index in [1.54, 1.807) is 6.92 Å². The normalized spacial score (nSPS) is 17.1. The number of rotatable bonds is 10. The van der Waals surface area contributed by atoms with Crippen LogP contribution in [0.4, 0.5) is 4.79 Å². The Kier molecular flexibility index (Phi) is 6.91. The molecule has 4 rings (SSSR count). The van der Waals surface area contributed by atoms with Gasteiger partial charge in [0.25, 0.3) is 0 Å². The van der Waals surface area contributed by atoms with E-state index in [-0.39, 0.29) is 30.4 Å². The van der Waals surface area contributed by atoms with Crippen LogP contribution in [-0.2, 0) is 14.3 Å². The summed E-state index contributed by atoms with van der Waals surface area (Å²) in [6.07, 6.45) is 2.59. The molecule has 0 heterocycles. The lowest BCUT2D eigenvalue weighted by Crippen LogP contribution is -2.45. The molecule has 7 nitrogen and oxygen atoms in total. The second kappa shape index (κ2) is 9.87. The number of carbonyl (C=O) groups excluding carboxylic acids is 2. The van der Waals surface area contributed by atoms with Crippen LogP contribution in [-0.4, -0.2) is 41.3 Å². The van der Waals surface area contributed by atoms with Crippen LogP contribution in [0.2, 0.25) is 0 Å². The molecular weight excluding hydrogens is 432 g/mol. The molecule has 0 aromatic heterocycles. The molecule has 2 aromatic carbocycles. The van der Waals surface area contributed by atoms with Gasteiger partial charge in [0.2, 0.25) is 5.91 Å². The monoisotopic (exact) mass is 464 g/mol. The Morgan fingerprint density at radius 2 is 1.59 bits per heavy atom. The van der Waals surface area contributed by atoms with Crippen LogP contribution in [0.1, 0.15) is 63.0 Å². The molecule has 2 amide bonds. The fraction of sp³-hybridized carbons (Fsp3) is 0.444. The van der Waals surface area contributed by atoms with Gasteiger partial charge in [-0.1, -0.05) is 61.9 Å². The lowest BCUT2D eigenvalue weighted by Gasteiger charge is -2.19. The molecular formula is C27H32N2O5. The van der Waals surface area contributed by atoms with E-state index in [4.69, 9.17) is 4.74 Å². The first-order chi connectivity index (χ1) is 16.3. The number of benzene rings is 2. The molecule has 2 unspecified atom stereocenters. The maximum atomic E-state index is 12.4. The number of hydrogen-bond donors (Lipinski definition) is 3. The summed E-state index contributed by atoms with van der Waals surface area (Å²) in [6.45, 7) is 3.99. The van der Waals surface area contributed by atoms with Crippen molar-refractivity contribution in [3.63, 3.8) is 0 Å². The SMILES string of the molecule is CC(CCCC(C)C(=O)NC1(C(=O)O)CC1)NC(=O)OCC1c2ccccc2-c2ccccc21. The zero-order valence-corrected chi connectivity index (χ0v) is 19.7. The van der Waals surface area contributed by atoms with Gasteiger partial charge in [0.15, 0.2) is 0 Å². The number of hydrogen-bond acceptors (Lipinski definition) is 4.